The van der Waals surface area contributed by atoms with E-state index in [1.54, 1.807) is 42.5 Å². The highest BCUT2D eigenvalue weighted by Crippen LogP contribution is 2.25. The number of hydrogen-bond acceptors (Lipinski definition) is 4. The van der Waals surface area contributed by atoms with Gasteiger partial charge in [0.2, 0.25) is 5.91 Å². The number of nitrogens with one attached hydrogen (secondary N) is 1. The largest absolute Gasteiger partial charge is 0.491 e. The highest BCUT2D eigenvalue weighted by atomic mass is 19.1. The van der Waals surface area contributed by atoms with E-state index in [0.717, 1.165) is 0 Å². The second-order valence-electron chi connectivity index (χ2n) is 6.33. The van der Waals surface area contributed by atoms with Crippen molar-refractivity contribution in [1.82, 2.24) is 5.32 Å². The van der Waals surface area contributed by atoms with Gasteiger partial charge in [0.15, 0.2) is 0 Å². The number of furan rings is 1. The summed E-state index contributed by atoms with van der Waals surface area (Å²) in [5.74, 6) is 1.13. The minimum Gasteiger partial charge on any atom is -0.491 e. The Morgan fingerprint density at radius 3 is 2.61 bits per heavy atom. The van der Waals surface area contributed by atoms with E-state index in [-0.39, 0.29) is 31.3 Å². The van der Waals surface area contributed by atoms with Gasteiger partial charge in [-0.15, -0.1) is 0 Å². The van der Waals surface area contributed by atoms with Gasteiger partial charge in [-0.05, 0) is 36.4 Å². The van der Waals surface area contributed by atoms with Gasteiger partial charge in [-0.2, -0.15) is 0 Å². The van der Waals surface area contributed by atoms with Crippen LogP contribution in [0.1, 0.15) is 12.2 Å². The SMILES string of the molecule is O=C(CCc1ccc(-c2ccccc2F)o1)NC[C@H](O)COc1ccccc1. The van der Waals surface area contributed by atoms with Gasteiger partial charge in [0.25, 0.3) is 0 Å². The first kappa shape index (κ1) is 19.6. The third kappa shape index (κ3) is 5.69. The van der Waals surface area contributed by atoms with Crippen LogP contribution in [-0.2, 0) is 11.2 Å². The lowest BCUT2D eigenvalue weighted by Crippen LogP contribution is -2.35. The van der Waals surface area contributed by atoms with Crippen molar-refractivity contribution in [2.75, 3.05) is 13.2 Å². The smallest absolute Gasteiger partial charge is 0.220 e. The molecule has 1 amide bonds. The minimum atomic E-state index is -0.805. The summed E-state index contributed by atoms with van der Waals surface area (Å²) < 4.78 is 24.8. The van der Waals surface area contributed by atoms with E-state index < -0.39 is 6.10 Å². The molecule has 3 rings (SSSR count). The van der Waals surface area contributed by atoms with E-state index in [9.17, 15) is 14.3 Å². The van der Waals surface area contributed by atoms with E-state index in [4.69, 9.17) is 9.15 Å². The number of carbonyl (C=O) groups excluding carboxylic acids is 1. The van der Waals surface area contributed by atoms with Crippen molar-refractivity contribution in [1.29, 1.82) is 0 Å². The molecule has 5 nitrogen and oxygen atoms in total. The van der Waals surface area contributed by atoms with Crippen LogP contribution in [0.4, 0.5) is 4.39 Å². The van der Waals surface area contributed by atoms with E-state index >= 15 is 0 Å². The molecule has 2 N–H and O–H groups in total. The third-order valence-corrected chi connectivity index (χ3v) is 4.12. The zero-order chi connectivity index (χ0) is 19.8. The highest BCUT2D eigenvalue weighted by Gasteiger charge is 2.12. The summed E-state index contributed by atoms with van der Waals surface area (Å²) in [5, 5.41) is 12.6. The number of aryl methyl sites for hydroxylation is 1. The molecule has 1 aromatic heterocycles. The molecule has 1 atom stereocenters. The van der Waals surface area contributed by atoms with Gasteiger partial charge in [-0.1, -0.05) is 30.3 Å². The molecule has 0 saturated carbocycles. The summed E-state index contributed by atoms with van der Waals surface area (Å²) in [5.41, 5.74) is 0.389. The number of para-hydroxylation sites is 1. The number of ether oxygens (including phenoxy) is 1. The molecule has 0 spiro atoms. The standard InChI is InChI=1S/C22H22FNO4/c23-20-9-5-4-8-19(20)21-12-10-18(28-21)11-13-22(26)24-14-16(25)15-27-17-6-2-1-3-7-17/h1-10,12,16,25H,11,13-15H2,(H,24,26)/t16-/m0/s1. The van der Waals surface area contributed by atoms with Crippen LogP contribution in [0.15, 0.2) is 71.1 Å². The molecule has 28 heavy (non-hydrogen) atoms. The summed E-state index contributed by atoms with van der Waals surface area (Å²) in [6, 6.07) is 18.9. The van der Waals surface area contributed by atoms with Crippen LogP contribution in [0.2, 0.25) is 0 Å². The maximum Gasteiger partial charge on any atom is 0.220 e. The first-order chi connectivity index (χ1) is 13.6. The molecule has 146 valence electrons. The summed E-state index contributed by atoms with van der Waals surface area (Å²) in [4.78, 5) is 12.0. The van der Waals surface area contributed by atoms with Gasteiger partial charge >= 0.3 is 0 Å². The van der Waals surface area contributed by atoms with Crippen molar-refractivity contribution in [3.8, 4) is 17.1 Å². The van der Waals surface area contributed by atoms with Crippen LogP contribution >= 0.6 is 0 Å². The zero-order valence-electron chi connectivity index (χ0n) is 15.3. The van der Waals surface area contributed by atoms with Gasteiger partial charge in [0.1, 0.15) is 35.8 Å². The maximum absolute atomic E-state index is 13.8. The second-order valence-corrected chi connectivity index (χ2v) is 6.33. The molecule has 0 unspecified atom stereocenters. The Morgan fingerprint density at radius 2 is 1.82 bits per heavy atom. The lowest BCUT2D eigenvalue weighted by molar-refractivity contribution is -0.121. The summed E-state index contributed by atoms with van der Waals surface area (Å²) >= 11 is 0. The minimum absolute atomic E-state index is 0.0917. The fraction of sp³-hybridized carbons (Fsp3) is 0.227. The summed E-state index contributed by atoms with van der Waals surface area (Å²) in [7, 11) is 0. The molecular weight excluding hydrogens is 361 g/mol. The van der Waals surface area contributed by atoms with Crippen molar-refractivity contribution < 1.29 is 23.4 Å². The van der Waals surface area contributed by atoms with Crippen LogP contribution < -0.4 is 10.1 Å². The Balaban J connectivity index is 1.39. The Kier molecular flexibility index (Phi) is 6.81. The molecule has 0 bridgehead atoms. The number of halogens is 1. The average molecular weight is 383 g/mol. The maximum atomic E-state index is 13.8. The molecular formula is C22H22FNO4. The highest BCUT2D eigenvalue weighted by molar-refractivity contribution is 5.76. The summed E-state index contributed by atoms with van der Waals surface area (Å²) in [6.07, 6.45) is -0.215. The van der Waals surface area contributed by atoms with Gasteiger partial charge in [0, 0.05) is 19.4 Å². The molecule has 0 aliphatic heterocycles. The quantitative estimate of drug-likeness (QED) is 0.593. The van der Waals surface area contributed by atoms with Gasteiger partial charge < -0.3 is 19.6 Å². The monoisotopic (exact) mass is 383 g/mol. The van der Waals surface area contributed by atoms with Crippen LogP contribution in [0.5, 0.6) is 5.75 Å². The second kappa shape index (κ2) is 9.71. The van der Waals surface area contributed by atoms with Gasteiger partial charge in [-0.3, -0.25) is 4.79 Å². The Morgan fingerprint density at radius 1 is 1.07 bits per heavy atom. The Bertz CT molecular complexity index is 894. The number of carbonyl (C=O) groups is 1. The fourth-order valence-corrected chi connectivity index (χ4v) is 2.64. The van der Waals surface area contributed by atoms with Crippen LogP contribution in [0.3, 0.4) is 0 Å². The number of hydrogen-bond donors (Lipinski definition) is 2. The van der Waals surface area contributed by atoms with Crippen LogP contribution in [0.25, 0.3) is 11.3 Å². The number of benzene rings is 2. The van der Waals surface area contributed by atoms with Gasteiger partial charge in [-0.25, -0.2) is 4.39 Å². The fourth-order valence-electron chi connectivity index (χ4n) is 2.64. The van der Waals surface area contributed by atoms with Crippen molar-refractivity contribution in [2.24, 2.45) is 0 Å². The normalized spacial score (nSPS) is 11.8. The predicted molar refractivity (Wildman–Crippen MR) is 103 cm³/mol. The van der Waals surface area contributed by atoms with Crippen molar-refractivity contribution in [3.63, 3.8) is 0 Å². The lowest BCUT2D eigenvalue weighted by Gasteiger charge is -2.13. The van der Waals surface area contributed by atoms with Crippen LogP contribution in [0, 0.1) is 5.82 Å². The molecule has 2 aromatic carbocycles. The molecule has 0 radical (unpaired) electrons. The topological polar surface area (TPSA) is 71.7 Å². The molecule has 3 aromatic rings. The van der Waals surface area contributed by atoms with E-state index in [2.05, 4.69) is 5.32 Å². The van der Waals surface area contributed by atoms with Crippen molar-refractivity contribution in [2.45, 2.75) is 18.9 Å². The van der Waals surface area contributed by atoms with E-state index in [1.165, 1.54) is 6.07 Å². The van der Waals surface area contributed by atoms with E-state index in [0.29, 0.717) is 29.3 Å². The number of amides is 1. The zero-order valence-corrected chi connectivity index (χ0v) is 15.3. The predicted octanol–water partition coefficient (Wildman–Crippen LogP) is 3.57. The Hall–Kier alpha value is -3.12. The van der Waals surface area contributed by atoms with Crippen molar-refractivity contribution in [3.05, 3.63) is 78.3 Å². The number of aliphatic hydroxyl groups excluding tert-OH is 1. The molecule has 0 fully saturated rings. The number of rotatable bonds is 9. The van der Waals surface area contributed by atoms with E-state index in [1.807, 2.05) is 18.2 Å². The average Bonchev–Trinajstić information content (AvgIpc) is 3.19. The van der Waals surface area contributed by atoms with Crippen LogP contribution in [-0.4, -0.2) is 30.3 Å². The Labute approximate surface area is 162 Å². The first-order valence-electron chi connectivity index (χ1n) is 9.08. The molecule has 0 aliphatic rings. The molecule has 0 saturated heterocycles. The summed E-state index contributed by atoms with van der Waals surface area (Å²) in [6.45, 7) is 0.193. The third-order valence-electron chi connectivity index (χ3n) is 4.12. The van der Waals surface area contributed by atoms with Crippen molar-refractivity contribution >= 4 is 5.91 Å². The molecule has 0 aliphatic carbocycles. The first-order valence-corrected chi connectivity index (χ1v) is 9.08. The van der Waals surface area contributed by atoms with Gasteiger partial charge in [0.05, 0.1) is 5.56 Å². The number of aliphatic hydroxyl groups is 1. The molecule has 1 heterocycles. The lowest BCUT2D eigenvalue weighted by atomic mass is 10.1. The molecule has 6 heteroatoms.